The maximum Gasteiger partial charge on any atom is 0.352 e. The van der Waals surface area contributed by atoms with E-state index in [0.29, 0.717) is 11.1 Å². The molecule has 0 radical (unpaired) electrons. The highest BCUT2D eigenvalue weighted by Gasteiger charge is 2.19. The molecule has 0 atom stereocenters. The zero-order valence-electron chi connectivity index (χ0n) is 9.11. The maximum atomic E-state index is 12.2. The molecule has 0 fully saturated rings. The van der Waals surface area contributed by atoms with Gasteiger partial charge in [0.15, 0.2) is 5.78 Å². The van der Waals surface area contributed by atoms with Crippen molar-refractivity contribution in [2.75, 3.05) is 0 Å². The highest BCUT2D eigenvalue weighted by atomic mass is 79.9. The van der Waals surface area contributed by atoms with Gasteiger partial charge in [0.1, 0.15) is 5.69 Å². The van der Waals surface area contributed by atoms with Gasteiger partial charge in [-0.2, -0.15) is 0 Å². The lowest BCUT2D eigenvalue weighted by Gasteiger charge is -1.94. The van der Waals surface area contributed by atoms with Gasteiger partial charge in [-0.05, 0) is 44.0 Å². The zero-order valence-corrected chi connectivity index (χ0v) is 13.1. The number of hydrogen-bond acceptors (Lipinski definition) is 3. The number of carboxylic acids is 1. The van der Waals surface area contributed by atoms with Gasteiger partial charge in [-0.25, -0.2) is 4.79 Å². The minimum atomic E-state index is -1.05. The van der Waals surface area contributed by atoms with Crippen LogP contribution in [0.15, 0.2) is 25.9 Å². The van der Waals surface area contributed by atoms with Crippen molar-refractivity contribution in [1.82, 2.24) is 4.57 Å². The molecule has 18 heavy (non-hydrogen) atoms. The van der Waals surface area contributed by atoms with E-state index in [-0.39, 0.29) is 11.5 Å². The van der Waals surface area contributed by atoms with Crippen LogP contribution in [0.4, 0.5) is 0 Å². The molecule has 0 saturated heterocycles. The van der Waals surface area contributed by atoms with Crippen molar-refractivity contribution in [3.8, 4) is 0 Å². The molecule has 2 heterocycles. The number of ketones is 1. The van der Waals surface area contributed by atoms with Crippen LogP contribution >= 0.6 is 43.2 Å². The van der Waals surface area contributed by atoms with E-state index in [1.807, 2.05) is 0 Å². The Labute approximate surface area is 123 Å². The van der Waals surface area contributed by atoms with Crippen LogP contribution in [0.2, 0.25) is 0 Å². The van der Waals surface area contributed by atoms with Crippen molar-refractivity contribution in [3.63, 3.8) is 0 Å². The summed E-state index contributed by atoms with van der Waals surface area (Å²) in [6, 6.07) is 3.09. The number of rotatable bonds is 3. The van der Waals surface area contributed by atoms with Gasteiger partial charge in [0.05, 0.1) is 7.57 Å². The number of carbonyl (C=O) groups is 2. The summed E-state index contributed by atoms with van der Waals surface area (Å²) in [7, 11) is 1.60. The Morgan fingerprint density at radius 1 is 1.33 bits per heavy atom. The molecule has 2 aromatic heterocycles. The van der Waals surface area contributed by atoms with E-state index in [1.165, 1.54) is 28.2 Å². The molecule has 7 heteroatoms. The smallest absolute Gasteiger partial charge is 0.352 e. The quantitative estimate of drug-likeness (QED) is 0.812. The van der Waals surface area contributed by atoms with Gasteiger partial charge in [-0.15, -0.1) is 11.3 Å². The van der Waals surface area contributed by atoms with Gasteiger partial charge in [-0.3, -0.25) is 4.79 Å². The van der Waals surface area contributed by atoms with E-state index in [9.17, 15) is 9.59 Å². The van der Waals surface area contributed by atoms with Gasteiger partial charge in [0.2, 0.25) is 0 Å². The second kappa shape index (κ2) is 4.99. The highest BCUT2D eigenvalue weighted by molar-refractivity contribution is 9.12. The van der Waals surface area contributed by atoms with Crippen LogP contribution in [0.1, 0.15) is 26.4 Å². The molecule has 4 nitrogen and oxygen atoms in total. The zero-order chi connectivity index (χ0) is 13.4. The van der Waals surface area contributed by atoms with E-state index in [1.54, 1.807) is 13.1 Å². The lowest BCUT2D eigenvalue weighted by molar-refractivity contribution is 0.0686. The van der Waals surface area contributed by atoms with Crippen LogP contribution in [0.3, 0.4) is 0 Å². The second-order valence-corrected chi connectivity index (χ2v) is 7.35. The summed E-state index contributed by atoms with van der Waals surface area (Å²) in [5.74, 6) is -1.26. The van der Waals surface area contributed by atoms with Crippen molar-refractivity contribution in [1.29, 1.82) is 0 Å². The predicted molar refractivity (Wildman–Crippen MR) is 75.5 cm³/mol. The highest BCUT2D eigenvalue weighted by Crippen LogP contribution is 2.33. The molecule has 0 amide bonds. The Morgan fingerprint density at radius 3 is 2.44 bits per heavy atom. The minimum absolute atomic E-state index is 0.0868. The fraction of sp³-hybridized carbons (Fsp3) is 0.0909. The summed E-state index contributed by atoms with van der Waals surface area (Å²) in [4.78, 5) is 23.1. The molecule has 0 aliphatic carbocycles. The Balaban J connectivity index is 2.43. The third-order valence-corrected chi connectivity index (χ3v) is 4.73. The van der Waals surface area contributed by atoms with Gasteiger partial charge in [0.25, 0.3) is 0 Å². The molecule has 1 N–H and O–H groups in total. The van der Waals surface area contributed by atoms with Crippen molar-refractivity contribution in [3.05, 3.63) is 42.7 Å². The summed E-state index contributed by atoms with van der Waals surface area (Å²) >= 11 is 8.02. The molecule has 2 rings (SSSR count). The summed E-state index contributed by atoms with van der Waals surface area (Å²) < 4.78 is 2.98. The van der Waals surface area contributed by atoms with Crippen LogP contribution in [-0.4, -0.2) is 21.4 Å². The van der Waals surface area contributed by atoms with Gasteiger partial charge < -0.3 is 9.67 Å². The average molecular weight is 393 g/mol. The minimum Gasteiger partial charge on any atom is -0.477 e. The van der Waals surface area contributed by atoms with E-state index in [0.717, 1.165) is 7.57 Å². The fourth-order valence-corrected chi connectivity index (χ4v) is 4.35. The SMILES string of the molecule is Cn1cc(C(=O)c2cc(Br)sc2Br)cc1C(=O)O. The fourth-order valence-electron chi connectivity index (χ4n) is 1.55. The number of aromatic carboxylic acids is 1. The average Bonchev–Trinajstić information content (AvgIpc) is 2.81. The van der Waals surface area contributed by atoms with Gasteiger partial charge >= 0.3 is 5.97 Å². The molecule has 0 aromatic carbocycles. The van der Waals surface area contributed by atoms with Crippen molar-refractivity contribution in [2.24, 2.45) is 7.05 Å². The van der Waals surface area contributed by atoms with Crippen LogP contribution in [0.5, 0.6) is 0 Å². The normalized spacial score (nSPS) is 10.6. The summed E-state index contributed by atoms with van der Waals surface area (Å²) in [6.45, 7) is 0. The summed E-state index contributed by atoms with van der Waals surface area (Å²) in [5.41, 5.74) is 0.971. The van der Waals surface area contributed by atoms with E-state index in [4.69, 9.17) is 5.11 Å². The van der Waals surface area contributed by atoms with Crippen LogP contribution < -0.4 is 0 Å². The largest absolute Gasteiger partial charge is 0.477 e. The van der Waals surface area contributed by atoms with Crippen molar-refractivity contribution >= 4 is 54.9 Å². The topological polar surface area (TPSA) is 59.3 Å². The summed E-state index contributed by atoms with van der Waals surface area (Å²) in [5, 5.41) is 8.94. The number of carboxylic acid groups (broad SMARTS) is 1. The number of carbonyl (C=O) groups excluding carboxylic acids is 1. The molecule has 0 spiro atoms. The first-order valence-corrected chi connectivity index (χ1v) is 7.19. The number of thiophene rings is 1. The Morgan fingerprint density at radius 2 is 2.00 bits per heavy atom. The van der Waals surface area contributed by atoms with Crippen molar-refractivity contribution < 1.29 is 14.7 Å². The number of aryl methyl sites for hydroxylation is 1. The lowest BCUT2D eigenvalue weighted by atomic mass is 10.1. The first-order chi connectivity index (χ1) is 8.40. The molecule has 0 bridgehead atoms. The molecule has 0 saturated carbocycles. The lowest BCUT2D eigenvalue weighted by Crippen LogP contribution is -2.02. The number of nitrogens with zero attached hydrogens (tertiary/aromatic N) is 1. The molecule has 2 aromatic rings. The molecule has 0 aliphatic rings. The predicted octanol–water partition coefficient (Wildman–Crippen LogP) is 3.54. The third kappa shape index (κ3) is 2.43. The Kier molecular flexibility index (Phi) is 3.74. The van der Waals surface area contributed by atoms with E-state index < -0.39 is 5.97 Å². The first-order valence-electron chi connectivity index (χ1n) is 4.79. The molecular weight excluding hydrogens is 386 g/mol. The van der Waals surface area contributed by atoms with Crippen LogP contribution in [0.25, 0.3) is 0 Å². The Bertz CT molecular complexity index is 645. The summed E-state index contributed by atoms with van der Waals surface area (Å²) in [6.07, 6.45) is 1.52. The molecular formula is C11H7Br2NO3S. The third-order valence-electron chi connectivity index (χ3n) is 2.39. The number of aromatic nitrogens is 1. The molecule has 94 valence electrons. The monoisotopic (exact) mass is 391 g/mol. The van der Waals surface area contributed by atoms with Crippen LogP contribution in [0, 0.1) is 0 Å². The first kappa shape index (κ1) is 13.5. The second-order valence-electron chi connectivity index (χ2n) is 3.60. The molecule has 0 aliphatic heterocycles. The molecule has 0 unspecified atom stereocenters. The van der Waals surface area contributed by atoms with E-state index in [2.05, 4.69) is 31.9 Å². The van der Waals surface area contributed by atoms with Gasteiger partial charge in [0, 0.05) is 24.4 Å². The van der Waals surface area contributed by atoms with E-state index >= 15 is 0 Å². The standard InChI is InChI=1S/C11H7Br2NO3S/c1-14-4-5(2-7(14)11(16)17)9(15)6-3-8(12)18-10(6)13/h2-4H,1H3,(H,16,17). The Hall–Kier alpha value is -0.920. The maximum absolute atomic E-state index is 12.2. The van der Waals surface area contributed by atoms with Crippen LogP contribution in [-0.2, 0) is 7.05 Å². The number of hydrogen-bond donors (Lipinski definition) is 1. The van der Waals surface area contributed by atoms with Crippen molar-refractivity contribution in [2.45, 2.75) is 0 Å². The number of halogens is 2. The van der Waals surface area contributed by atoms with Gasteiger partial charge in [-0.1, -0.05) is 0 Å².